The molecule has 2 aromatic rings. The van der Waals surface area contributed by atoms with Crippen molar-refractivity contribution in [1.82, 2.24) is 10.2 Å². The van der Waals surface area contributed by atoms with Crippen LogP contribution in [-0.4, -0.2) is 31.0 Å². The lowest BCUT2D eigenvalue weighted by Crippen LogP contribution is -2.42. The highest BCUT2D eigenvalue weighted by Gasteiger charge is 2.25. The summed E-state index contributed by atoms with van der Waals surface area (Å²) in [6.07, 6.45) is 1.91. The SMILES string of the molecule is COc1ccc(CNC(=O)[C@H]2CCCN(Cc3ccc(F)cc3)C2)cc1. The lowest BCUT2D eigenvalue weighted by atomic mass is 9.96. The number of hydrogen-bond donors (Lipinski definition) is 1. The molecule has 2 aromatic carbocycles. The van der Waals surface area contributed by atoms with Crippen LogP contribution in [0.4, 0.5) is 4.39 Å². The molecule has 0 saturated carbocycles. The number of ether oxygens (including phenoxy) is 1. The van der Waals surface area contributed by atoms with Crippen molar-refractivity contribution in [2.24, 2.45) is 5.92 Å². The number of piperidine rings is 1. The lowest BCUT2D eigenvalue weighted by Gasteiger charge is -2.32. The second kappa shape index (κ2) is 8.81. The maximum atomic E-state index is 13.0. The number of carbonyl (C=O) groups excluding carboxylic acids is 1. The molecular formula is C21H25FN2O2. The predicted octanol–water partition coefficient (Wildman–Crippen LogP) is 3.36. The first-order chi connectivity index (χ1) is 12.6. The minimum atomic E-state index is -0.219. The molecule has 3 rings (SSSR count). The van der Waals surface area contributed by atoms with E-state index in [0.717, 1.165) is 49.4 Å². The Bertz CT molecular complexity index is 716. The number of methoxy groups -OCH3 is 1. The number of likely N-dealkylation sites (tertiary alicyclic amines) is 1. The van der Waals surface area contributed by atoms with E-state index < -0.39 is 0 Å². The summed E-state index contributed by atoms with van der Waals surface area (Å²) in [6, 6.07) is 14.3. The maximum absolute atomic E-state index is 13.0. The van der Waals surface area contributed by atoms with E-state index in [-0.39, 0.29) is 17.6 Å². The average Bonchev–Trinajstić information content (AvgIpc) is 2.68. The molecule has 1 N–H and O–H groups in total. The summed E-state index contributed by atoms with van der Waals surface area (Å²) < 4.78 is 18.2. The molecule has 26 heavy (non-hydrogen) atoms. The van der Waals surface area contributed by atoms with Gasteiger partial charge in [0.05, 0.1) is 13.0 Å². The average molecular weight is 356 g/mol. The Balaban J connectivity index is 1.49. The molecule has 1 aliphatic rings. The van der Waals surface area contributed by atoms with Crippen molar-refractivity contribution in [2.75, 3.05) is 20.2 Å². The summed E-state index contributed by atoms with van der Waals surface area (Å²) in [6.45, 7) is 2.99. The molecule has 0 radical (unpaired) electrons. The van der Waals surface area contributed by atoms with Gasteiger partial charge in [0.15, 0.2) is 0 Å². The fourth-order valence-corrected chi connectivity index (χ4v) is 3.34. The van der Waals surface area contributed by atoms with Gasteiger partial charge in [-0.05, 0) is 54.8 Å². The molecule has 0 unspecified atom stereocenters. The van der Waals surface area contributed by atoms with E-state index in [1.54, 1.807) is 7.11 Å². The summed E-state index contributed by atoms with van der Waals surface area (Å²) >= 11 is 0. The van der Waals surface area contributed by atoms with Gasteiger partial charge in [0.1, 0.15) is 11.6 Å². The molecule has 0 aromatic heterocycles. The zero-order valence-corrected chi connectivity index (χ0v) is 15.1. The number of rotatable bonds is 6. The molecule has 1 aliphatic heterocycles. The normalized spacial score (nSPS) is 17.7. The van der Waals surface area contributed by atoms with Gasteiger partial charge in [-0.25, -0.2) is 4.39 Å². The number of halogens is 1. The van der Waals surface area contributed by atoms with Crippen LogP contribution in [-0.2, 0) is 17.9 Å². The first-order valence-corrected chi connectivity index (χ1v) is 9.01. The molecule has 5 heteroatoms. The van der Waals surface area contributed by atoms with E-state index in [1.807, 2.05) is 36.4 Å². The van der Waals surface area contributed by atoms with Gasteiger partial charge in [0.25, 0.3) is 0 Å². The van der Waals surface area contributed by atoms with Gasteiger partial charge in [0.2, 0.25) is 5.91 Å². The monoisotopic (exact) mass is 356 g/mol. The predicted molar refractivity (Wildman–Crippen MR) is 99.2 cm³/mol. The maximum Gasteiger partial charge on any atom is 0.224 e. The molecule has 1 atom stereocenters. The van der Waals surface area contributed by atoms with Crippen molar-refractivity contribution < 1.29 is 13.9 Å². The standard InChI is InChI=1S/C21H25FN2O2/c1-26-20-10-6-16(7-11-20)13-23-21(25)18-3-2-12-24(15-18)14-17-4-8-19(22)9-5-17/h4-11,18H,2-3,12-15H2,1H3,(H,23,25)/t18-/m0/s1. The number of nitrogens with zero attached hydrogens (tertiary/aromatic N) is 1. The van der Waals surface area contributed by atoms with Crippen molar-refractivity contribution >= 4 is 5.91 Å². The van der Waals surface area contributed by atoms with Crippen LogP contribution in [0.1, 0.15) is 24.0 Å². The largest absolute Gasteiger partial charge is 0.497 e. The quantitative estimate of drug-likeness (QED) is 0.863. The molecule has 0 bridgehead atoms. The smallest absolute Gasteiger partial charge is 0.224 e. The molecule has 138 valence electrons. The number of carbonyl (C=O) groups is 1. The van der Waals surface area contributed by atoms with Gasteiger partial charge in [-0.1, -0.05) is 24.3 Å². The molecule has 1 fully saturated rings. The van der Waals surface area contributed by atoms with Crippen LogP contribution in [0.5, 0.6) is 5.75 Å². The van der Waals surface area contributed by atoms with E-state index in [2.05, 4.69) is 10.2 Å². The summed E-state index contributed by atoms with van der Waals surface area (Å²) in [5.41, 5.74) is 2.13. The second-order valence-corrected chi connectivity index (χ2v) is 6.77. The zero-order valence-electron chi connectivity index (χ0n) is 15.1. The Hall–Kier alpha value is -2.40. The number of hydrogen-bond acceptors (Lipinski definition) is 3. The minimum absolute atomic E-state index is 0.00227. The molecule has 1 amide bonds. The van der Waals surface area contributed by atoms with Crippen LogP contribution in [0, 0.1) is 11.7 Å². The third-order valence-electron chi connectivity index (χ3n) is 4.82. The van der Waals surface area contributed by atoms with E-state index in [0.29, 0.717) is 6.54 Å². The fraction of sp³-hybridized carbons (Fsp3) is 0.381. The number of amides is 1. The Kier molecular flexibility index (Phi) is 6.23. The van der Waals surface area contributed by atoms with Crippen LogP contribution in [0.15, 0.2) is 48.5 Å². The van der Waals surface area contributed by atoms with Crippen LogP contribution >= 0.6 is 0 Å². The lowest BCUT2D eigenvalue weighted by molar-refractivity contribution is -0.126. The van der Waals surface area contributed by atoms with E-state index >= 15 is 0 Å². The van der Waals surface area contributed by atoms with Gasteiger partial charge in [-0.2, -0.15) is 0 Å². The molecule has 0 aliphatic carbocycles. The fourth-order valence-electron chi connectivity index (χ4n) is 3.34. The molecule has 0 spiro atoms. The zero-order chi connectivity index (χ0) is 18.4. The summed E-state index contributed by atoms with van der Waals surface area (Å²) in [4.78, 5) is 14.8. The van der Waals surface area contributed by atoms with Crippen molar-refractivity contribution in [3.05, 3.63) is 65.5 Å². The molecular weight excluding hydrogens is 331 g/mol. The summed E-state index contributed by atoms with van der Waals surface area (Å²) in [5, 5.41) is 3.04. The molecule has 1 saturated heterocycles. The Morgan fingerprint density at radius 2 is 1.85 bits per heavy atom. The van der Waals surface area contributed by atoms with Crippen molar-refractivity contribution in [1.29, 1.82) is 0 Å². The Morgan fingerprint density at radius 1 is 1.15 bits per heavy atom. The summed E-state index contributed by atoms with van der Waals surface area (Å²) in [5.74, 6) is 0.694. The highest BCUT2D eigenvalue weighted by molar-refractivity contribution is 5.79. The number of benzene rings is 2. The summed E-state index contributed by atoms with van der Waals surface area (Å²) in [7, 11) is 1.64. The Morgan fingerprint density at radius 3 is 2.54 bits per heavy atom. The van der Waals surface area contributed by atoms with Crippen LogP contribution in [0.25, 0.3) is 0 Å². The first kappa shape index (κ1) is 18.4. The highest BCUT2D eigenvalue weighted by Crippen LogP contribution is 2.19. The van der Waals surface area contributed by atoms with E-state index in [1.165, 1.54) is 12.1 Å². The highest BCUT2D eigenvalue weighted by atomic mass is 19.1. The van der Waals surface area contributed by atoms with Gasteiger partial charge in [0, 0.05) is 19.6 Å². The van der Waals surface area contributed by atoms with Gasteiger partial charge >= 0.3 is 0 Å². The first-order valence-electron chi connectivity index (χ1n) is 9.01. The molecule has 1 heterocycles. The Labute approximate surface area is 154 Å². The van der Waals surface area contributed by atoms with Gasteiger partial charge < -0.3 is 10.1 Å². The van der Waals surface area contributed by atoms with E-state index in [4.69, 9.17) is 4.74 Å². The van der Waals surface area contributed by atoms with Crippen LogP contribution in [0.2, 0.25) is 0 Å². The third kappa shape index (κ3) is 5.05. The van der Waals surface area contributed by atoms with Crippen molar-refractivity contribution in [3.8, 4) is 5.75 Å². The topological polar surface area (TPSA) is 41.6 Å². The molecule has 4 nitrogen and oxygen atoms in total. The van der Waals surface area contributed by atoms with Crippen LogP contribution < -0.4 is 10.1 Å². The van der Waals surface area contributed by atoms with Gasteiger partial charge in [-0.3, -0.25) is 9.69 Å². The van der Waals surface area contributed by atoms with Crippen molar-refractivity contribution in [3.63, 3.8) is 0 Å². The van der Waals surface area contributed by atoms with Gasteiger partial charge in [-0.15, -0.1) is 0 Å². The van der Waals surface area contributed by atoms with Crippen LogP contribution in [0.3, 0.4) is 0 Å². The second-order valence-electron chi connectivity index (χ2n) is 6.77. The number of nitrogens with one attached hydrogen (secondary N) is 1. The van der Waals surface area contributed by atoms with Crippen molar-refractivity contribution in [2.45, 2.75) is 25.9 Å². The van der Waals surface area contributed by atoms with E-state index in [9.17, 15) is 9.18 Å². The third-order valence-corrected chi connectivity index (χ3v) is 4.82. The minimum Gasteiger partial charge on any atom is -0.497 e.